The van der Waals surface area contributed by atoms with Crippen molar-refractivity contribution in [1.82, 2.24) is 5.32 Å². The highest BCUT2D eigenvalue weighted by Gasteiger charge is 2.31. The fraction of sp³-hybridized carbons (Fsp3) is 0.250. The third kappa shape index (κ3) is 3.75. The lowest BCUT2D eigenvalue weighted by atomic mass is 10.1. The number of fused-ring (bicyclic) bond motifs is 1. The van der Waals surface area contributed by atoms with Gasteiger partial charge < -0.3 is 21.0 Å². The molecule has 1 saturated heterocycles. The number of hydrogen-bond donors (Lipinski definition) is 2. The van der Waals surface area contributed by atoms with Gasteiger partial charge in [0.25, 0.3) is 11.0 Å². The largest absolute Gasteiger partial charge is 0.617 e. The van der Waals surface area contributed by atoms with Crippen LogP contribution in [-0.4, -0.2) is 19.1 Å². The first-order chi connectivity index (χ1) is 13.6. The Hall–Kier alpha value is -3.15. The standard InChI is InChI=1S/C20H18FN5O2.ClH/c21-15-10-17-18(11-16(15)24-14-6-8-23-9-7-14)26(28)20(19(12-22)25(17)27)13-4-2-1-3-5-13;/h1-5,10-11,14,23-24H,6-9H2;1H. The molecule has 0 atom stereocenters. The number of nitrogens with one attached hydrogen (secondary N) is 2. The minimum absolute atomic E-state index is 0. The van der Waals surface area contributed by atoms with Crippen molar-refractivity contribution < 1.29 is 13.9 Å². The monoisotopic (exact) mass is 415 g/mol. The van der Waals surface area contributed by atoms with Crippen LogP contribution in [0.5, 0.6) is 0 Å². The molecule has 1 fully saturated rings. The van der Waals surface area contributed by atoms with Crippen molar-refractivity contribution in [3.05, 3.63) is 64.4 Å². The molecule has 3 aromatic rings. The summed E-state index contributed by atoms with van der Waals surface area (Å²) in [5.74, 6) is -0.632. The van der Waals surface area contributed by atoms with Gasteiger partial charge in [0.2, 0.25) is 0 Å². The maximum absolute atomic E-state index is 14.6. The number of anilines is 1. The van der Waals surface area contributed by atoms with E-state index in [9.17, 15) is 20.1 Å². The van der Waals surface area contributed by atoms with Crippen LogP contribution in [0, 0.1) is 27.6 Å². The Kier molecular flexibility index (Phi) is 6.01. The normalized spacial score (nSPS) is 14.2. The van der Waals surface area contributed by atoms with Crippen molar-refractivity contribution in [2.75, 3.05) is 18.4 Å². The minimum atomic E-state index is -0.632. The zero-order valence-electron chi connectivity index (χ0n) is 15.4. The molecule has 0 radical (unpaired) electrons. The van der Waals surface area contributed by atoms with Gasteiger partial charge in [-0.2, -0.15) is 9.99 Å². The van der Waals surface area contributed by atoms with Crippen LogP contribution in [0.4, 0.5) is 10.1 Å². The summed E-state index contributed by atoms with van der Waals surface area (Å²) in [6, 6.07) is 12.7. The van der Waals surface area contributed by atoms with E-state index in [0.717, 1.165) is 32.0 Å². The zero-order valence-corrected chi connectivity index (χ0v) is 16.2. The second kappa shape index (κ2) is 8.47. The molecule has 150 valence electrons. The molecule has 0 spiro atoms. The summed E-state index contributed by atoms with van der Waals surface area (Å²) in [5, 5.41) is 41.6. The van der Waals surface area contributed by atoms with E-state index in [-0.39, 0.29) is 46.6 Å². The van der Waals surface area contributed by atoms with Gasteiger partial charge in [0.15, 0.2) is 11.9 Å². The summed E-state index contributed by atoms with van der Waals surface area (Å²) >= 11 is 0. The molecular formula is C20H19ClFN5O2. The van der Waals surface area contributed by atoms with Gasteiger partial charge in [0, 0.05) is 12.1 Å². The van der Waals surface area contributed by atoms with Gasteiger partial charge >= 0.3 is 11.4 Å². The van der Waals surface area contributed by atoms with Crippen molar-refractivity contribution in [3.8, 4) is 17.3 Å². The maximum atomic E-state index is 14.6. The molecule has 2 heterocycles. The Morgan fingerprint density at radius 1 is 1.07 bits per heavy atom. The van der Waals surface area contributed by atoms with Crippen LogP contribution >= 0.6 is 12.4 Å². The van der Waals surface area contributed by atoms with E-state index < -0.39 is 5.82 Å². The molecule has 0 amide bonds. The highest BCUT2D eigenvalue weighted by Crippen LogP contribution is 2.25. The molecule has 7 nitrogen and oxygen atoms in total. The molecular weight excluding hydrogens is 397 g/mol. The van der Waals surface area contributed by atoms with Gasteiger partial charge in [-0.25, -0.2) is 4.39 Å². The first-order valence-corrected chi connectivity index (χ1v) is 9.05. The molecule has 2 N–H and O–H groups in total. The summed E-state index contributed by atoms with van der Waals surface area (Å²) in [6.45, 7) is 1.66. The predicted octanol–water partition coefficient (Wildman–Crippen LogP) is 2.37. The van der Waals surface area contributed by atoms with Crippen LogP contribution in [0.25, 0.3) is 22.3 Å². The summed E-state index contributed by atoms with van der Waals surface area (Å²) in [4.78, 5) is 0. The van der Waals surface area contributed by atoms with Gasteiger partial charge in [-0.1, -0.05) is 18.2 Å². The highest BCUT2D eigenvalue weighted by atomic mass is 35.5. The van der Waals surface area contributed by atoms with Gasteiger partial charge in [-0.15, -0.1) is 17.1 Å². The van der Waals surface area contributed by atoms with Gasteiger partial charge in [-0.05, 0) is 38.1 Å². The third-order valence-corrected chi connectivity index (χ3v) is 4.98. The number of halogens is 2. The lowest BCUT2D eigenvalue weighted by molar-refractivity contribution is -0.622. The molecule has 4 rings (SSSR count). The summed E-state index contributed by atoms with van der Waals surface area (Å²) < 4.78 is 15.5. The van der Waals surface area contributed by atoms with E-state index in [1.54, 1.807) is 36.4 Å². The van der Waals surface area contributed by atoms with Crippen molar-refractivity contribution in [2.24, 2.45) is 0 Å². The second-order valence-electron chi connectivity index (χ2n) is 6.75. The number of hydrogen-bond acceptors (Lipinski definition) is 5. The van der Waals surface area contributed by atoms with Crippen LogP contribution in [-0.2, 0) is 0 Å². The summed E-state index contributed by atoms with van der Waals surface area (Å²) in [7, 11) is 0. The summed E-state index contributed by atoms with van der Waals surface area (Å²) in [5.41, 5.74) is 0.0212. The van der Waals surface area contributed by atoms with Crippen LogP contribution in [0.3, 0.4) is 0 Å². The van der Waals surface area contributed by atoms with E-state index in [1.165, 1.54) is 6.07 Å². The molecule has 1 aliphatic heterocycles. The quantitative estimate of drug-likeness (QED) is 0.505. The average Bonchev–Trinajstić information content (AvgIpc) is 2.73. The lowest BCUT2D eigenvalue weighted by Gasteiger charge is -2.24. The van der Waals surface area contributed by atoms with E-state index in [1.807, 2.05) is 0 Å². The van der Waals surface area contributed by atoms with Crippen molar-refractivity contribution in [2.45, 2.75) is 18.9 Å². The molecule has 0 aliphatic carbocycles. The molecule has 1 aromatic heterocycles. The smallest absolute Gasteiger partial charge is 0.369 e. The second-order valence-corrected chi connectivity index (χ2v) is 6.75. The van der Waals surface area contributed by atoms with Crippen LogP contribution in [0.1, 0.15) is 18.5 Å². The fourth-order valence-corrected chi connectivity index (χ4v) is 3.56. The molecule has 29 heavy (non-hydrogen) atoms. The summed E-state index contributed by atoms with van der Waals surface area (Å²) in [6.07, 6.45) is 1.66. The number of aromatic nitrogens is 2. The Balaban J connectivity index is 0.00000240. The minimum Gasteiger partial charge on any atom is -0.617 e. The predicted molar refractivity (Wildman–Crippen MR) is 109 cm³/mol. The van der Waals surface area contributed by atoms with Crippen LogP contribution in [0.15, 0.2) is 42.5 Å². The van der Waals surface area contributed by atoms with Crippen LogP contribution in [0.2, 0.25) is 0 Å². The highest BCUT2D eigenvalue weighted by molar-refractivity contribution is 5.85. The Bertz CT molecular complexity index is 1080. The van der Waals surface area contributed by atoms with Crippen molar-refractivity contribution in [1.29, 1.82) is 5.26 Å². The van der Waals surface area contributed by atoms with E-state index in [0.29, 0.717) is 15.0 Å². The van der Waals surface area contributed by atoms with Gasteiger partial charge in [-0.3, -0.25) is 0 Å². The first-order valence-electron chi connectivity index (χ1n) is 9.05. The van der Waals surface area contributed by atoms with Crippen LogP contribution < -0.4 is 20.1 Å². The molecule has 0 unspecified atom stereocenters. The molecule has 0 bridgehead atoms. The van der Waals surface area contributed by atoms with E-state index in [2.05, 4.69) is 10.6 Å². The van der Waals surface area contributed by atoms with Gasteiger partial charge in [0.05, 0.1) is 17.3 Å². The van der Waals surface area contributed by atoms with Gasteiger partial charge in [0.1, 0.15) is 0 Å². The number of nitrogens with zero attached hydrogens (tertiary/aromatic N) is 3. The first kappa shape index (κ1) is 20.6. The topological polar surface area (TPSA) is 102 Å². The number of benzene rings is 2. The number of piperidine rings is 1. The van der Waals surface area contributed by atoms with E-state index in [4.69, 9.17) is 0 Å². The molecule has 9 heteroatoms. The fourth-order valence-electron chi connectivity index (χ4n) is 3.56. The molecule has 1 aliphatic rings. The Morgan fingerprint density at radius 3 is 2.38 bits per heavy atom. The number of rotatable bonds is 3. The zero-order chi connectivity index (χ0) is 19.7. The third-order valence-electron chi connectivity index (χ3n) is 4.98. The van der Waals surface area contributed by atoms with Crippen molar-refractivity contribution >= 4 is 29.1 Å². The van der Waals surface area contributed by atoms with E-state index >= 15 is 0 Å². The average molecular weight is 416 g/mol. The van der Waals surface area contributed by atoms with Crippen molar-refractivity contribution in [3.63, 3.8) is 0 Å². The SMILES string of the molecule is Cl.N#Cc1c(-c2ccccc2)[n+]([O-])c2cc(NC3CCNCC3)c(F)cc2[n+]1[O-]. The lowest BCUT2D eigenvalue weighted by Crippen LogP contribution is -2.43. The molecule has 0 saturated carbocycles. The number of nitriles is 1. The molecule has 2 aromatic carbocycles. The maximum Gasteiger partial charge on any atom is 0.369 e. The Labute approximate surface area is 173 Å². The Morgan fingerprint density at radius 2 is 1.72 bits per heavy atom.